The Bertz CT molecular complexity index is 1380. The number of nitrogens with two attached hydrogens (primary N) is 1. The Morgan fingerprint density at radius 3 is 2.50 bits per heavy atom. The summed E-state index contributed by atoms with van der Waals surface area (Å²) < 4.78 is 21.1. The first-order valence-electron chi connectivity index (χ1n) is 14.9. The van der Waals surface area contributed by atoms with Crippen LogP contribution in [0.4, 0.5) is 11.5 Å². The molecule has 5 rings (SSSR count). The highest BCUT2D eigenvalue weighted by Crippen LogP contribution is 2.44. The second-order valence-electron chi connectivity index (χ2n) is 13.1. The van der Waals surface area contributed by atoms with Gasteiger partial charge in [0.25, 0.3) is 0 Å². The molecular weight excluding hydrogens is 534 g/mol. The third kappa shape index (κ3) is 6.59. The standard InChI is InChI=1S/C31H45N7O4/c1-19(2)37(15-9-8-10-23(39)36-21-13-11-20(12-14-21)30(3,4)5)16-22-25-26(42-31(6,7)41-25)29(40-22)38-18-35-24-27(32)33-17-34-28(24)38/h11-14,17-19,22,25-26,29H,8-10,15-16H2,1-7H3,(H,36,39)(H2,32,33,34). The maximum absolute atomic E-state index is 12.6. The van der Waals surface area contributed by atoms with Crippen LogP contribution in [0.2, 0.25) is 0 Å². The number of ether oxygens (including phenoxy) is 3. The molecule has 11 heteroatoms. The molecule has 3 N–H and O–H groups in total. The summed E-state index contributed by atoms with van der Waals surface area (Å²) in [6.45, 7) is 16.3. The van der Waals surface area contributed by atoms with Gasteiger partial charge in [-0.1, -0.05) is 32.9 Å². The van der Waals surface area contributed by atoms with Gasteiger partial charge >= 0.3 is 0 Å². The Balaban J connectivity index is 1.18. The molecule has 2 aromatic heterocycles. The molecule has 1 aromatic carbocycles. The lowest BCUT2D eigenvalue weighted by molar-refractivity contribution is -0.198. The van der Waals surface area contributed by atoms with Crippen LogP contribution < -0.4 is 11.1 Å². The number of anilines is 2. The van der Waals surface area contributed by atoms with E-state index in [0.717, 1.165) is 25.1 Å². The van der Waals surface area contributed by atoms with E-state index in [9.17, 15) is 4.79 Å². The van der Waals surface area contributed by atoms with Crippen LogP contribution in [0.15, 0.2) is 36.9 Å². The van der Waals surface area contributed by atoms with Gasteiger partial charge in [-0.2, -0.15) is 0 Å². The van der Waals surface area contributed by atoms with Gasteiger partial charge in [0, 0.05) is 24.7 Å². The van der Waals surface area contributed by atoms with E-state index in [2.05, 4.69) is 71.9 Å². The fourth-order valence-electron chi connectivity index (χ4n) is 5.76. The average Bonchev–Trinajstić information content (AvgIpc) is 3.57. The Hall–Kier alpha value is -3.12. The van der Waals surface area contributed by atoms with Crippen LogP contribution in [-0.2, 0) is 24.4 Å². The number of benzene rings is 1. The van der Waals surface area contributed by atoms with Crippen molar-refractivity contribution in [1.82, 2.24) is 24.4 Å². The van der Waals surface area contributed by atoms with E-state index in [1.54, 1.807) is 6.33 Å². The predicted octanol–water partition coefficient (Wildman–Crippen LogP) is 4.64. The lowest BCUT2D eigenvalue weighted by Crippen LogP contribution is -2.43. The normalized spacial score (nSPS) is 23.6. The SMILES string of the molecule is CC(C)N(CCCCC(=O)Nc1ccc(C(C)(C)C)cc1)CC1OC(n2cnc3c(N)ncnc32)C2OC(C)(C)OC12. The van der Waals surface area contributed by atoms with Crippen molar-refractivity contribution in [3.63, 3.8) is 0 Å². The molecule has 0 saturated carbocycles. The average molecular weight is 580 g/mol. The summed E-state index contributed by atoms with van der Waals surface area (Å²) in [4.78, 5) is 27.9. The number of hydrogen-bond donors (Lipinski definition) is 2. The quantitative estimate of drug-likeness (QED) is 0.330. The van der Waals surface area contributed by atoms with Crippen molar-refractivity contribution in [3.05, 3.63) is 42.5 Å². The molecule has 42 heavy (non-hydrogen) atoms. The van der Waals surface area contributed by atoms with Gasteiger partial charge in [-0.15, -0.1) is 0 Å². The Kier molecular flexibility index (Phi) is 8.58. The van der Waals surface area contributed by atoms with Crippen molar-refractivity contribution >= 4 is 28.6 Å². The van der Waals surface area contributed by atoms with Crippen LogP contribution in [0, 0.1) is 0 Å². The van der Waals surface area contributed by atoms with Gasteiger partial charge in [-0.05, 0) is 70.2 Å². The van der Waals surface area contributed by atoms with E-state index in [1.807, 2.05) is 30.5 Å². The number of carbonyl (C=O) groups excluding carboxylic acids is 1. The van der Waals surface area contributed by atoms with Gasteiger partial charge in [0.2, 0.25) is 5.91 Å². The molecular formula is C31H45N7O4. The highest BCUT2D eigenvalue weighted by molar-refractivity contribution is 5.90. The molecule has 4 atom stereocenters. The number of nitrogen functional groups attached to an aromatic ring is 1. The monoisotopic (exact) mass is 579 g/mol. The number of unbranched alkanes of at least 4 members (excludes halogenated alkanes) is 1. The van der Waals surface area contributed by atoms with Gasteiger partial charge in [-0.3, -0.25) is 14.3 Å². The number of aromatic nitrogens is 4. The first-order chi connectivity index (χ1) is 19.8. The second-order valence-corrected chi connectivity index (χ2v) is 13.1. The molecule has 228 valence electrons. The summed E-state index contributed by atoms with van der Waals surface area (Å²) in [7, 11) is 0. The molecule has 4 unspecified atom stereocenters. The number of carbonyl (C=O) groups is 1. The molecule has 0 radical (unpaired) electrons. The fraction of sp³-hybridized carbons (Fsp3) is 0.613. The summed E-state index contributed by atoms with van der Waals surface area (Å²) in [6, 6.07) is 8.40. The smallest absolute Gasteiger partial charge is 0.224 e. The summed E-state index contributed by atoms with van der Waals surface area (Å²) in [5.41, 5.74) is 9.32. The molecule has 2 aliphatic rings. The molecule has 0 spiro atoms. The molecule has 2 fully saturated rings. The molecule has 4 heterocycles. The van der Waals surface area contributed by atoms with Crippen molar-refractivity contribution in [3.8, 4) is 0 Å². The number of hydrogen-bond acceptors (Lipinski definition) is 9. The highest BCUT2D eigenvalue weighted by atomic mass is 16.8. The minimum Gasteiger partial charge on any atom is -0.382 e. The van der Waals surface area contributed by atoms with Crippen LogP contribution in [0.25, 0.3) is 11.2 Å². The summed E-state index contributed by atoms with van der Waals surface area (Å²) in [5.74, 6) is -0.370. The Morgan fingerprint density at radius 2 is 1.81 bits per heavy atom. The zero-order valence-electron chi connectivity index (χ0n) is 25.8. The van der Waals surface area contributed by atoms with E-state index >= 15 is 0 Å². The van der Waals surface area contributed by atoms with E-state index in [4.69, 9.17) is 19.9 Å². The van der Waals surface area contributed by atoms with Gasteiger partial charge < -0.3 is 25.3 Å². The van der Waals surface area contributed by atoms with Crippen LogP contribution in [-0.4, -0.2) is 73.6 Å². The lowest BCUT2D eigenvalue weighted by Gasteiger charge is -2.31. The van der Waals surface area contributed by atoms with Crippen molar-refractivity contribution in [1.29, 1.82) is 0 Å². The highest BCUT2D eigenvalue weighted by Gasteiger charge is 2.56. The third-order valence-electron chi connectivity index (χ3n) is 8.07. The third-order valence-corrected chi connectivity index (χ3v) is 8.07. The van der Waals surface area contributed by atoms with Gasteiger partial charge in [0.05, 0.1) is 6.33 Å². The number of fused-ring (bicyclic) bond motifs is 2. The first kappa shape index (κ1) is 30.3. The summed E-state index contributed by atoms with van der Waals surface area (Å²) in [5, 5.41) is 3.03. The number of imidazole rings is 1. The Morgan fingerprint density at radius 1 is 1.10 bits per heavy atom. The number of rotatable bonds is 10. The van der Waals surface area contributed by atoms with E-state index < -0.39 is 12.0 Å². The maximum Gasteiger partial charge on any atom is 0.224 e. The van der Waals surface area contributed by atoms with Crippen molar-refractivity contribution in [2.45, 2.75) is 110 Å². The molecule has 11 nitrogen and oxygen atoms in total. The topological polar surface area (TPSA) is 130 Å². The first-order valence-corrected chi connectivity index (χ1v) is 14.9. The zero-order chi connectivity index (χ0) is 30.2. The minimum atomic E-state index is -0.733. The lowest BCUT2D eigenvalue weighted by atomic mass is 9.87. The second kappa shape index (κ2) is 11.9. The minimum absolute atomic E-state index is 0.0372. The summed E-state index contributed by atoms with van der Waals surface area (Å²) >= 11 is 0. The molecule has 2 saturated heterocycles. The van der Waals surface area contributed by atoms with Crippen molar-refractivity contribution in [2.75, 3.05) is 24.1 Å². The molecule has 0 bridgehead atoms. The van der Waals surface area contributed by atoms with Crippen molar-refractivity contribution in [2.24, 2.45) is 0 Å². The van der Waals surface area contributed by atoms with E-state index in [-0.39, 0.29) is 29.6 Å². The van der Waals surface area contributed by atoms with Crippen LogP contribution in [0.3, 0.4) is 0 Å². The van der Waals surface area contributed by atoms with Crippen LogP contribution in [0.5, 0.6) is 0 Å². The van der Waals surface area contributed by atoms with Gasteiger partial charge in [0.15, 0.2) is 23.5 Å². The largest absolute Gasteiger partial charge is 0.382 e. The maximum atomic E-state index is 12.6. The van der Waals surface area contributed by atoms with Crippen LogP contribution >= 0.6 is 0 Å². The molecule has 3 aromatic rings. The number of amides is 1. The van der Waals surface area contributed by atoms with E-state index in [0.29, 0.717) is 36.0 Å². The Labute approximate surface area is 248 Å². The van der Waals surface area contributed by atoms with Gasteiger partial charge in [0.1, 0.15) is 30.2 Å². The molecule has 2 aliphatic heterocycles. The number of nitrogens with zero attached hydrogens (tertiary/aromatic N) is 5. The molecule has 1 amide bonds. The predicted molar refractivity (Wildman–Crippen MR) is 162 cm³/mol. The fourth-order valence-corrected chi connectivity index (χ4v) is 5.76. The van der Waals surface area contributed by atoms with Crippen LogP contribution in [0.1, 0.15) is 79.5 Å². The number of nitrogens with one attached hydrogen (secondary N) is 1. The van der Waals surface area contributed by atoms with E-state index in [1.165, 1.54) is 11.9 Å². The van der Waals surface area contributed by atoms with Crippen molar-refractivity contribution < 1.29 is 19.0 Å². The zero-order valence-corrected chi connectivity index (χ0v) is 25.8. The van der Waals surface area contributed by atoms with Gasteiger partial charge in [-0.25, -0.2) is 15.0 Å². The summed E-state index contributed by atoms with van der Waals surface area (Å²) in [6.07, 6.45) is 4.01. The molecule has 0 aliphatic carbocycles.